The van der Waals surface area contributed by atoms with E-state index in [0.29, 0.717) is 6.42 Å². The second-order valence-corrected chi connectivity index (χ2v) is 6.67. The van der Waals surface area contributed by atoms with Crippen LogP contribution in [-0.2, 0) is 30.1 Å². The van der Waals surface area contributed by atoms with Crippen molar-refractivity contribution in [2.75, 3.05) is 21.3 Å². The highest BCUT2D eigenvalue weighted by Gasteiger charge is 2.27. The van der Waals surface area contributed by atoms with E-state index in [1.807, 2.05) is 24.3 Å². The topological polar surface area (TPSA) is 73.9 Å². The Morgan fingerprint density at radius 3 is 2.23 bits per heavy atom. The van der Waals surface area contributed by atoms with E-state index >= 15 is 0 Å². The lowest BCUT2D eigenvalue weighted by Crippen LogP contribution is -2.46. The van der Waals surface area contributed by atoms with Gasteiger partial charge in [0.2, 0.25) is 5.91 Å². The van der Waals surface area contributed by atoms with Crippen molar-refractivity contribution >= 4 is 24.5 Å². The normalized spacial score (nSPS) is 16.0. The van der Waals surface area contributed by atoms with Gasteiger partial charge in [-0.25, -0.2) is 4.79 Å². The van der Waals surface area contributed by atoms with E-state index in [1.54, 1.807) is 14.2 Å². The van der Waals surface area contributed by atoms with Crippen LogP contribution in [0.3, 0.4) is 0 Å². The lowest BCUT2D eigenvalue weighted by molar-refractivity contribution is -0.145. The highest BCUT2D eigenvalue weighted by atomic mass is 16.6. The molecule has 1 saturated carbocycles. The van der Waals surface area contributed by atoms with E-state index in [-0.39, 0.29) is 11.8 Å². The fourth-order valence-electron chi connectivity index (χ4n) is 3.40. The van der Waals surface area contributed by atoms with Crippen LogP contribution < -0.4 is 10.8 Å². The quantitative estimate of drug-likeness (QED) is 0.561. The van der Waals surface area contributed by atoms with Crippen LogP contribution >= 0.6 is 0 Å². The summed E-state index contributed by atoms with van der Waals surface area (Å²) in [6, 6.07) is 6.92. The number of esters is 1. The molecule has 1 amide bonds. The molecule has 1 aliphatic rings. The molecule has 26 heavy (non-hydrogen) atoms. The highest BCUT2D eigenvalue weighted by molar-refractivity contribution is 6.61. The van der Waals surface area contributed by atoms with Gasteiger partial charge in [-0.15, -0.1) is 0 Å². The first-order valence-electron chi connectivity index (χ1n) is 9.11. The van der Waals surface area contributed by atoms with Crippen LogP contribution in [0.25, 0.3) is 0 Å². The number of rotatable bonds is 8. The van der Waals surface area contributed by atoms with Gasteiger partial charge in [0.05, 0.1) is 7.11 Å². The molecule has 0 bridgehead atoms. The van der Waals surface area contributed by atoms with Crippen molar-refractivity contribution in [1.82, 2.24) is 5.32 Å². The summed E-state index contributed by atoms with van der Waals surface area (Å²) in [6.07, 6.45) is 5.50. The Bertz CT molecular complexity index is 582. The maximum absolute atomic E-state index is 12.5. The lowest BCUT2D eigenvalue weighted by atomic mass is 9.78. The van der Waals surface area contributed by atoms with E-state index < -0.39 is 19.1 Å². The first-order valence-corrected chi connectivity index (χ1v) is 9.11. The molecule has 0 spiro atoms. The zero-order chi connectivity index (χ0) is 18.9. The summed E-state index contributed by atoms with van der Waals surface area (Å²) < 4.78 is 15.3. The highest BCUT2D eigenvalue weighted by Crippen LogP contribution is 2.23. The molecule has 1 aliphatic carbocycles. The number of amides is 1. The summed E-state index contributed by atoms with van der Waals surface area (Å²) in [7, 11) is 4.07. The fraction of sp³-hybridized carbons (Fsp3) is 0.579. The zero-order valence-electron chi connectivity index (χ0n) is 15.8. The Labute approximate surface area is 155 Å². The standard InChI is InChI=1S/C19H28BNO5/c1-24-19(23)17(21-18(22)15-7-5-4-6-8-15)13-14-9-11-16(12-10-14)20(25-2)26-3/h9-12,15,17H,4-8,13H2,1-3H3,(H,21,22)/t17-/m0/s1. The third kappa shape index (κ3) is 5.57. The zero-order valence-corrected chi connectivity index (χ0v) is 15.8. The summed E-state index contributed by atoms with van der Waals surface area (Å²) in [4.78, 5) is 24.6. The molecule has 1 fully saturated rings. The van der Waals surface area contributed by atoms with Crippen molar-refractivity contribution in [1.29, 1.82) is 0 Å². The monoisotopic (exact) mass is 361 g/mol. The number of hydrogen-bond acceptors (Lipinski definition) is 5. The third-order valence-electron chi connectivity index (χ3n) is 4.90. The number of nitrogens with one attached hydrogen (secondary N) is 1. The van der Waals surface area contributed by atoms with Crippen molar-refractivity contribution in [3.05, 3.63) is 29.8 Å². The molecule has 0 aliphatic heterocycles. The van der Waals surface area contributed by atoms with E-state index in [0.717, 1.165) is 36.7 Å². The molecule has 2 rings (SSSR count). The summed E-state index contributed by atoms with van der Waals surface area (Å²) in [6.45, 7) is 0. The maximum Gasteiger partial charge on any atom is 0.493 e. The number of benzene rings is 1. The minimum absolute atomic E-state index is 0.00227. The number of methoxy groups -OCH3 is 1. The molecule has 0 saturated heterocycles. The van der Waals surface area contributed by atoms with Crippen molar-refractivity contribution in [3.63, 3.8) is 0 Å². The average molecular weight is 361 g/mol. The van der Waals surface area contributed by atoms with Crippen LogP contribution in [0, 0.1) is 5.92 Å². The van der Waals surface area contributed by atoms with Crippen LogP contribution in [0.15, 0.2) is 24.3 Å². The predicted octanol–water partition coefficient (Wildman–Crippen LogP) is 1.46. The third-order valence-corrected chi connectivity index (χ3v) is 4.90. The molecule has 1 N–H and O–H groups in total. The van der Waals surface area contributed by atoms with Crippen LogP contribution in [0.4, 0.5) is 0 Å². The number of carbonyl (C=O) groups is 2. The van der Waals surface area contributed by atoms with Crippen molar-refractivity contribution in [2.45, 2.75) is 44.6 Å². The summed E-state index contributed by atoms with van der Waals surface area (Å²) in [5.41, 5.74) is 1.82. The Morgan fingerprint density at radius 2 is 1.69 bits per heavy atom. The summed E-state index contributed by atoms with van der Waals surface area (Å²) >= 11 is 0. The maximum atomic E-state index is 12.5. The van der Waals surface area contributed by atoms with E-state index in [2.05, 4.69) is 5.32 Å². The molecular weight excluding hydrogens is 333 g/mol. The minimum Gasteiger partial charge on any atom is -0.467 e. The molecule has 142 valence electrons. The predicted molar refractivity (Wildman–Crippen MR) is 100 cm³/mol. The van der Waals surface area contributed by atoms with Crippen LogP contribution in [0.1, 0.15) is 37.7 Å². The lowest BCUT2D eigenvalue weighted by Gasteiger charge is -2.24. The van der Waals surface area contributed by atoms with E-state index in [1.165, 1.54) is 13.5 Å². The molecule has 7 heteroatoms. The molecule has 0 heterocycles. The number of carbonyl (C=O) groups excluding carboxylic acids is 2. The van der Waals surface area contributed by atoms with Gasteiger partial charge in [-0.05, 0) is 23.9 Å². The Hall–Kier alpha value is -1.86. The van der Waals surface area contributed by atoms with Gasteiger partial charge in [0.15, 0.2) is 0 Å². The fourth-order valence-corrected chi connectivity index (χ4v) is 3.40. The molecule has 0 radical (unpaired) electrons. The summed E-state index contributed by atoms with van der Waals surface area (Å²) in [5, 5.41) is 2.88. The van der Waals surface area contributed by atoms with Crippen LogP contribution in [-0.4, -0.2) is 46.4 Å². The second kappa shape index (κ2) is 10.3. The number of ether oxygens (including phenoxy) is 1. The molecule has 1 aromatic rings. The molecule has 0 aromatic heterocycles. The largest absolute Gasteiger partial charge is 0.493 e. The van der Waals surface area contributed by atoms with Gasteiger partial charge >= 0.3 is 13.1 Å². The number of hydrogen-bond donors (Lipinski definition) is 1. The van der Waals surface area contributed by atoms with Crippen LogP contribution in [0.5, 0.6) is 0 Å². The van der Waals surface area contributed by atoms with Gasteiger partial charge in [0.25, 0.3) is 0 Å². The van der Waals surface area contributed by atoms with Gasteiger partial charge in [0, 0.05) is 26.6 Å². The first-order chi connectivity index (χ1) is 12.6. The average Bonchev–Trinajstić information content (AvgIpc) is 2.69. The molecule has 1 aromatic carbocycles. The van der Waals surface area contributed by atoms with E-state index in [9.17, 15) is 9.59 Å². The smallest absolute Gasteiger partial charge is 0.467 e. The summed E-state index contributed by atoms with van der Waals surface area (Å²) in [5.74, 6) is -0.470. The Balaban J connectivity index is 2.02. The van der Waals surface area contributed by atoms with Crippen molar-refractivity contribution in [2.24, 2.45) is 5.92 Å². The van der Waals surface area contributed by atoms with Gasteiger partial charge in [-0.1, -0.05) is 43.5 Å². The van der Waals surface area contributed by atoms with Gasteiger partial charge < -0.3 is 19.4 Å². The van der Waals surface area contributed by atoms with Gasteiger partial charge in [-0.3, -0.25) is 4.79 Å². The Kier molecular flexibility index (Phi) is 8.13. The molecular formula is C19H28BNO5. The molecule has 6 nitrogen and oxygen atoms in total. The van der Waals surface area contributed by atoms with Crippen molar-refractivity contribution in [3.8, 4) is 0 Å². The van der Waals surface area contributed by atoms with E-state index in [4.69, 9.17) is 14.0 Å². The van der Waals surface area contributed by atoms with Gasteiger partial charge in [-0.2, -0.15) is 0 Å². The van der Waals surface area contributed by atoms with Crippen LogP contribution in [0.2, 0.25) is 0 Å². The minimum atomic E-state index is -0.680. The van der Waals surface area contributed by atoms with Crippen molar-refractivity contribution < 1.29 is 23.6 Å². The SMILES string of the molecule is COB(OC)c1ccc(C[C@H](NC(=O)C2CCCCC2)C(=O)OC)cc1. The Morgan fingerprint density at radius 1 is 1.08 bits per heavy atom. The molecule has 1 atom stereocenters. The first kappa shape index (κ1) is 20.5. The van der Waals surface area contributed by atoms with Gasteiger partial charge in [0.1, 0.15) is 6.04 Å². The molecule has 0 unspecified atom stereocenters. The second-order valence-electron chi connectivity index (χ2n) is 6.67.